The van der Waals surface area contributed by atoms with Gasteiger partial charge >= 0.3 is 0 Å². The van der Waals surface area contributed by atoms with Crippen molar-refractivity contribution in [3.8, 4) is 0 Å². The number of hydrogen-bond acceptors (Lipinski definition) is 3. The van der Waals surface area contributed by atoms with Crippen LogP contribution in [0.2, 0.25) is 0 Å². The van der Waals surface area contributed by atoms with Crippen LogP contribution in [0.1, 0.15) is 25.3 Å². The number of carbonyl (C=O) groups excluding carboxylic acids is 1. The molecule has 118 valence electrons. The largest absolute Gasteiger partial charge is 0.355 e. The van der Waals surface area contributed by atoms with E-state index in [-0.39, 0.29) is 12.5 Å². The van der Waals surface area contributed by atoms with Crippen LogP contribution < -0.4 is 9.62 Å². The Labute approximate surface area is 134 Å². The first kappa shape index (κ1) is 18.0. The van der Waals surface area contributed by atoms with Crippen LogP contribution in [0.5, 0.6) is 0 Å². The van der Waals surface area contributed by atoms with Crippen LogP contribution >= 0.6 is 15.9 Å². The van der Waals surface area contributed by atoms with Gasteiger partial charge in [0.25, 0.3) is 0 Å². The Morgan fingerprint density at radius 1 is 1.38 bits per heavy atom. The van der Waals surface area contributed by atoms with Crippen molar-refractivity contribution in [2.45, 2.75) is 26.7 Å². The van der Waals surface area contributed by atoms with Crippen molar-refractivity contribution in [1.82, 2.24) is 5.32 Å². The van der Waals surface area contributed by atoms with Gasteiger partial charge in [-0.2, -0.15) is 0 Å². The van der Waals surface area contributed by atoms with E-state index in [4.69, 9.17) is 0 Å². The van der Waals surface area contributed by atoms with Gasteiger partial charge in [-0.3, -0.25) is 9.10 Å². The van der Waals surface area contributed by atoms with Crippen LogP contribution in [-0.2, 0) is 14.8 Å². The number of carbonyl (C=O) groups is 1. The van der Waals surface area contributed by atoms with Crippen LogP contribution in [0, 0.1) is 6.92 Å². The van der Waals surface area contributed by atoms with Gasteiger partial charge in [-0.1, -0.05) is 19.4 Å². The molecule has 0 heterocycles. The standard InChI is InChI=1S/C14H21BrN2O3S/c1-4-5-8-16-14(18)10-17(21(3,19)20)13-7-6-11(2)9-12(13)15/h6-7,9H,4-5,8,10H2,1-3H3,(H,16,18). The Hall–Kier alpha value is -1.08. The highest BCUT2D eigenvalue weighted by atomic mass is 79.9. The van der Waals surface area contributed by atoms with E-state index in [0.717, 1.165) is 29.0 Å². The van der Waals surface area contributed by atoms with Crippen molar-refractivity contribution in [1.29, 1.82) is 0 Å². The maximum Gasteiger partial charge on any atom is 0.240 e. The van der Waals surface area contributed by atoms with Gasteiger partial charge in [0.05, 0.1) is 11.9 Å². The van der Waals surface area contributed by atoms with Crippen molar-refractivity contribution in [3.05, 3.63) is 28.2 Å². The fourth-order valence-corrected chi connectivity index (χ4v) is 3.48. The summed E-state index contributed by atoms with van der Waals surface area (Å²) in [5.41, 5.74) is 1.47. The number of rotatable bonds is 7. The SMILES string of the molecule is CCCCNC(=O)CN(c1ccc(C)cc1Br)S(C)(=O)=O. The van der Waals surface area contributed by atoms with Crippen LogP contribution in [0.4, 0.5) is 5.69 Å². The molecule has 0 radical (unpaired) electrons. The zero-order valence-electron chi connectivity index (χ0n) is 12.5. The summed E-state index contributed by atoms with van der Waals surface area (Å²) >= 11 is 3.36. The lowest BCUT2D eigenvalue weighted by Crippen LogP contribution is -2.40. The average Bonchev–Trinajstić information content (AvgIpc) is 2.36. The lowest BCUT2D eigenvalue weighted by molar-refractivity contribution is -0.119. The molecule has 0 fully saturated rings. The topological polar surface area (TPSA) is 66.5 Å². The fraction of sp³-hybridized carbons (Fsp3) is 0.500. The number of anilines is 1. The number of aryl methyl sites for hydroxylation is 1. The Kier molecular flexibility index (Phi) is 6.67. The Morgan fingerprint density at radius 3 is 2.57 bits per heavy atom. The molecule has 0 aliphatic carbocycles. The second-order valence-corrected chi connectivity index (χ2v) is 7.69. The Balaban J connectivity index is 2.95. The third-order valence-corrected chi connectivity index (χ3v) is 4.67. The monoisotopic (exact) mass is 376 g/mol. The van der Waals surface area contributed by atoms with Crippen molar-refractivity contribution in [2.75, 3.05) is 23.7 Å². The van der Waals surface area contributed by atoms with E-state index >= 15 is 0 Å². The van der Waals surface area contributed by atoms with E-state index < -0.39 is 10.0 Å². The molecule has 5 nitrogen and oxygen atoms in total. The summed E-state index contributed by atoms with van der Waals surface area (Å²) in [6.07, 6.45) is 2.94. The molecule has 0 saturated heterocycles. The molecular formula is C14H21BrN2O3S. The summed E-state index contributed by atoms with van der Waals surface area (Å²) in [6.45, 7) is 4.28. The number of halogens is 1. The van der Waals surface area contributed by atoms with Crippen molar-refractivity contribution in [2.24, 2.45) is 0 Å². The molecule has 0 aliphatic rings. The zero-order chi connectivity index (χ0) is 16.0. The Bertz CT molecular complexity index is 602. The highest BCUT2D eigenvalue weighted by molar-refractivity contribution is 9.10. The molecule has 1 aromatic rings. The van der Waals surface area contributed by atoms with Gasteiger partial charge in [0, 0.05) is 11.0 Å². The van der Waals surface area contributed by atoms with E-state index in [9.17, 15) is 13.2 Å². The third-order valence-electron chi connectivity index (χ3n) is 2.91. The predicted octanol–water partition coefficient (Wildman–Crippen LogP) is 2.44. The number of nitrogens with zero attached hydrogens (tertiary/aromatic N) is 1. The highest BCUT2D eigenvalue weighted by Gasteiger charge is 2.22. The molecule has 0 atom stereocenters. The smallest absolute Gasteiger partial charge is 0.240 e. The number of benzene rings is 1. The van der Waals surface area contributed by atoms with Crippen LogP contribution in [0.25, 0.3) is 0 Å². The van der Waals surface area contributed by atoms with E-state index in [1.165, 1.54) is 0 Å². The molecule has 1 N–H and O–H groups in total. The number of hydrogen-bond donors (Lipinski definition) is 1. The van der Waals surface area contributed by atoms with Gasteiger partial charge in [-0.15, -0.1) is 0 Å². The minimum Gasteiger partial charge on any atom is -0.355 e. The average molecular weight is 377 g/mol. The first-order chi connectivity index (χ1) is 9.75. The molecule has 1 amide bonds. The van der Waals surface area contributed by atoms with Gasteiger partial charge in [0.15, 0.2) is 0 Å². The lowest BCUT2D eigenvalue weighted by atomic mass is 10.2. The number of sulfonamides is 1. The van der Waals surface area contributed by atoms with Crippen LogP contribution in [0.15, 0.2) is 22.7 Å². The van der Waals surface area contributed by atoms with Crippen LogP contribution in [-0.4, -0.2) is 33.7 Å². The minimum absolute atomic E-state index is 0.218. The first-order valence-electron chi connectivity index (χ1n) is 6.76. The predicted molar refractivity (Wildman–Crippen MR) is 89.0 cm³/mol. The van der Waals surface area contributed by atoms with Crippen molar-refractivity contribution < 1.29 is 13.2 Å². The summed E-state index contributed by atoms with van der Waals surface area (Å²) in [5, 5.41) is 2.73. The van der Waals surface area contributed by atoms with Crippen molar-refractivity contribution >= 4 is 37.5 Å². The molecule has 7 heteroatoms. The number of nitrogens with one attached hydrogen (secondary N) is 1. The molecule has 0 bridgehead atoms. The van der Waals surface area contributed by atoms with Gasteiger partial charge in [-0.05, 0) is 47.0 Å². The Morgan fingerprint density at radius 2 is 2.05 bits per heavy atom. The maximum atomic E-state index is 12.0. The summed E-state index contributed by atoms with van der Waals surface area (Å²) < 4.78 is 25.7. The number of unbranched alkanes of at least 4 members (excludes halogenated alkanes) is 1. The number of amides is 1. The zero-order valence-corrected chi connectivity index (χ0v) is 14.9. The van der Waals surface area contributed by atoms with E-state index in [0.29, 0.717) is 16.7 Å². The van der Waals surface area contributed by atoms with Gasteiger partial charge in [0.1, 0.15) is 6.54 Å². The summed E-state index contributed by atoms with van der Waals surface area (Å²) in [5.74, 6) is -0.304. The van der Waals surface area contributed by atoms with E-state index in [2.05, 4.69) is 21.2 Å². The van der Waals surface area contributed by atoms with Gasteiger partial charge in [-0.25, -0.2) is 8.42 Å². The second kappa shape index (κ2) is 7.79. The minimum atomic E-state index is -3.54. The third kappa shape index (κ3) is 5.67. The first-order valence-corrected chi connectivity index (χ1v) is 9.40. The lowest BCUT2D eigenvalue weighted by Gasteiger charge is -2.23. The molecule has 1 aromatic carbocycles. The molecule has 0 aliphatic heterocycles. The molecule has 0 unspecified atom stereocenters. The van der Waals surface area contributed by atoms with Gasteiger partial charge < -0.3 is 5.32 Å². The summed E-state index contributed by atoms with van der Waals surface area (Å²) in [7, 11) is -3.54. The van der Waals surface area contributed by atoms with E-state index in [1.54, 1.807) is 6.07 Å². The molecule has 1 rings (SSSR count). The normalized spacial score (nSPS) is 11.2. The summed E-state index contributed by atoms with van der Waals surface area (Å²) in [4.78, 5) is 11.9. The molecule has 0 aromatic heterocycles. The van der Waals surface area contributed by atoms with Gasteiger partial charge in [0.2, 0.25) is 15.9 Å². The molecule has 21 heavy (non-hydrogen) atoms. The molecule has 0 spiro atoms. The summed E-state index contributed by atoms with van der Waals surface area (Å²) in [6, 6.07) is 5.33. The highest BCUT2D eigenvalue weighted by Crippen LogP contribution is 2.28. The second-order valence-electron chi connectivity index (χ2n) is 4.93. The maximum absolute atomic E-state index is 12.0. The molecular weight excluding hydrogens is 356 g/mol. The van der Waals surface area contributed by atoms with Crippen molar-refractivity contribution in [3.63, 3.8) is 0 Å². The van der Waals surface area contributed by atoms with E-state index in [1.807, 2.05) is 26.0 Å². The fourth-order valence-electron chi connectivity index (χ4n) is 1.79. The van der Waals surface area contributed by atoms with Crippen LogP contribution in [0.3, 0.4) is 0 Å². The molecule has 0 saturated carbocycles. The quantitative estimate of drug-likeness (QED) is 0.743.